The molecule has 0 atom stereocenters. The molecule has 1 N–H and O–H groups in total. The summed E-state index contributed by atoms with van der Waals surface area (Å²) < 4.78 is 10.1. The molecule has 2 aromatic rings. The summed E-state index contributed by atoms with van der Waals surface area (Å²) in [4.78, 5) is 11.7. The highest BCUT2D eigenvalue weighted by Crippen LogP contribution is 2.16. The Balaban J connectivity index is 2.07. The van der Waals surface area contributed by atoms with Crippen LogP contribution < -0.4 is 5.32 Å². The second-order valence-corrected chi connectivity index (χ2v) is 4.46. The van der Waals surface area contributed by atoms with Crippen LogP contribution in [0.4, 0.5) is 5.69 Å². The van der Waals surface area contributed by atoms with Crippen LogP contribution in [0.1, 0.15) is 34.3 Å². The smallest absolute Gasteiger partial charge is 0.338 e. The second-order valence-electron chi connectivity index (χ2n) is 4.46. The van der Waals surface area contributed by atoms with Gasteiger partial charge in [-0.1, -0.05) is 11.2 Å². The largest absolute Gasteiger partial charge is 0.462 e. The Morgan fingerprint density at radius 2 is 2.20 bits per heavy atom. The molecule has 5 heteroatoms. The molecule has 2 rings (SSSR count). The minimum absolute atomic E-state index is 0.312. The van der Waals surface area contributed by atoms with E-state index >= 15 is 0 Å². The first-order valence-corrected chi connectivity index (χ1v) is 6.54. The molecule has 0 saturated heterocycles. The number of hydrogen-bond donors (Lipinski definition) is 1. The molecule has 1 heterocycles. The van der Waals surface area contributed by atoms with Gasteiger partial charge in [-0.2, -0.15) is 0 Å². The van der Waals surface area contributed by atoms with Gasteiger partial charge in [0.15, 0.2) is 0 Å². The van der Waals surface area contributed by atoms with Gasteiger partial charge < -0.3 is 14.6 Å². The quantitative estimate of drug-likeness (QED) is 0.849. The summed E-state index contributed by atoms with van der Waals surface area (Å²) in [6, 6.07) is 7.23. The molecular weight excluding hydrogens is 256 g/mol. The van der Waals surface area contributed by atoms with E-state index < -0.39 is 0 Å². The van der Waals surface area contributed by atoms with Crippen LogP contribution in [0.3, 0.4) is 0 Å². The third kappa shape index (κ3) is 3.17. The number of nitrogens with one attached hydrogen (secondary N) is 1. The van der Waals surface area contributed by atoms with Crippen LogP contribution in [0.2, 0.25) is 0 Å². The molecule has 1 aromatic heterocycles. The lowest BCUT2D eigenvalue weighted by atomic mass is 10.1. The maximum atomic E-state index is 11.7. The summed E-state index contributed by atoms with van der Waals surface area (Å²) in [5.74, 6) is 0.491. The molecule has 0 aliphatic heterocycles. The van der Waals surface area contributed by atoms with Crippen LogP contribution in [0, 0.1) is 13.8 Å². The maximum absolute atomic E-state index is 11.7. The molecule has 0 radical (unpaired) electrons. The standard InChI is InChI=1S/C15H18N2O3/c1-4-19-15(18)12-6-5-7-13(8-12)16-9-14-10(2)17-20-11(14)3/h5-8,16H,4,9H2,1-3H3. The van der Waals surface area contributed by atoms with Gasteiger partial charge in [-0.3, -0.25) is 0 Å². The topological polar surface area (TPSA) is 64.4 Å². The number of esters is 1. The summed E-state index contributed by atoms with van der Waals surface area (Å²) in [6.45, 7) is 6.55. The zero-order chi connectivity index (χ0) is 14.5. The van der Waals surface area contributed by atoms with Gasteiger partial charge >= 0.3 is 5.97 Å². The van der Waals surface area contributed by atoms with Crippen molar-refractivity contribution in [1.29, 1.82) is 0 Å². The molecule has 0 spiro atoms. The van der Waals surface area contributed by atoms with Crippen LogP contribution in [0.25, 0.3) is 0 Å². The normalized spacial score (nSPS) is 10.3. The van der Waals surface area contributed by atoms with Crippen LogP contribution in [0.5, 0.6) is 0 Å². The predicted octanol–water partition coefficient (Wildman–Crippen LogP) is 3.08. The molecular formula is C15H18N2O3. The Morgan fingerprint density at radius 3 is 2.85 bits per heavy atom. The Hall–Kier alpha value is -2.30. The van der Waals surface area contributed by atoms with Gasteiger partial charge in [0, 0.05) is 17.8 Å². The van der Waals surface area contributed by atoms with Crippen LogP contribution >= 0.6 is 0 Å². The summed E-state index contributed by atoms with van der Waals surface area (Å²) in [5.41, 5.74) is 3.30. The highest BCUT2D eigenvalue weighted by Gasteiger charge is 2.10. The number of benzene rings is 1. The number of aryl methyl sites for hydroxylation is 2. The fraction of sp³-hybridized carbons (Fsp3) is 0.333. The summed E-state index contributed by atoms with van der Waals surface area (Å²) in [6.07, 6.45) is 0. The van der Waals surface area contributed by atoms with Crippen molar-refractivity contribution in [2.24, 2.45) is 0 Å². The van der Waals surface area contributed by atoms with Gasteiger partial charge in [-0.05, 0) is 39.0 Å². The fourth-order valence-electron chi connectivity index (χ4n) is 1.92. The van der Waals surface area contributed by atoms with Crippen molar-refractivity contribution < 1.29 is 14.1 Å². The molecule has 0 amide bonds. The fourth-order valence-corrected chi connectivity index (χ4v) is 1.92. The first kappa shape index (κ1) is 14.1. The maximum Gasteiger partial charge on any atom is 0.338 e. The molecule has 0 unspecified atom stereocenters. The van der Waals surface area contributed by atoms with E-state index in [0.717, 1.165) is 22.7 Å². The van der Waals surface area contributed by atoms with E-state index in [1.165, 1.54) is 0 Å². The number of carbonyl (C=O) groups is 1. The van der Waals surface area contributed by atoms with E-state index in [0.29, 0.717) is 18.7 Å². The number of carbonyl (C=O) groups excluding carboxylic acids is 1. The zero-order valence-corrected chi connectivity index (χ0v) is 11.9. The lowest BCUT2D eigenvalue weighted by Gasteiger charge is -2.08. The van der Waals surface area contributed by atoms with Gasteiger partial charge in [0.1, 0.15) is 5.76 Å². The van der Waals surface area contributed by atoms with Crippen molar-refractivity contribution in [3.8, 4) is 0 Å². The number of ether oxygens (including phenoxy) is 1. The van der Waals surface area contributed by atoms with E-state index in [4.69, 9.17) is 9.26 Å². The van der Waals surface area contributed by atoms with Crippen molar-refractivity contribution in [3.63, 3.8) is 0 Å². The minimum Gasteiger partial charge on any atom is -0.462 e. The SMILES string of the molecule is CCOC(=O)c1cccc(NCc2c(C)noc2C)c1. The zero-order valence-electron chi connectivity index (χ0n) is 11.9. The van der Waals surface area contributed by atoms with E-state index in [9.17, 15) is 4.79 Å². The lowest BCUT2D eigenvalue weighted by molar-refractivity contribution is 0.0526. The van der Waals surface area contributed by atoms with Gasteiger partial charge in [-0.15, -0.1) is 0 Å². The Morgan fingerprint density at radius 1 is 1.40 bits per heavy atom. The number of nitrogens with zero attached hydrogens (tertiary/aromatic N) is 1. The average molecular weight is 274 g/mol. The van der Waals surface area contributed by atoms with Gasteiger partial charge in [0.05, 0.1) is 17.9 Å². The molecule has 0 aliphatic rings. The first-order valence-electron chi connectivity index (χ1n) is 6.54. The predicted molar refractivity (Wildman–Crippen MR) is 75.7 cm³/mol. The van der Waals surface area contributed by atoms with Crippen LogP contribution in [-0.2, 0) is 11.3 Å². The molecule has 0 saturated carbocycles. The highest BCUT2D eigenvalue weighted by atomic mass is 16.5. The molecule has 1 aromatic carbocycles. The van der Waals surface area contributed by atoms with E-state index in [-0.39, 0.29) is 5.97 Å². The Bertz CT molecular complexity index is 585. The van der Waals surface area contributed by atoms with Crippen molar-refractivity contribution in [1.82, 2.24) is 5.16 Å². The molecule has 5 nitrogen and oxygen atoms in total. The van der Waals surface area contributed by atoms with Gasteiger partial charge in [0.25, 0.3) is 0 Å². The van der Waals surface area contributed by atoms with Crippen molar-refractivity contribution in [3.05, 3.63) is 46.8 Å². The van der Waals surface area contributed by atoms with Gasteiger partial charge in [-0.25, -0.2) is 4.79 Å². The molecule has 0 fully saturated rings. The van der Waals surface area contributed by atoms with E-state index in [1.54, 1.807) is 19.1 Å². The van der Waals surface area contributed by atoms with E-state index in [2.05, 4.69) is 10.5 Å². The molecule has 0 aliphatic carbocycles. The van der Waals surface area contributed by atoms with Crippen LogP contribution in [-0.4, -0.2) is 17.7 Å². The van der Waals surface area contributed by atoms with Crippen molar-refractivity contribution >= 4 is 11.7 Å². The number of anilines is 1. The minimum atomic E-state index is -0.312. The Kier molecular flexibility index (Phi) is 4.40. The van der Waals surface area contributed by atoms with Crippen LogP contribution in [0.15, 0.2) is 28.8 Å². The summed E-state index contributed by atoms with van der Waals surface area (Å²) in [7, 11) is 0. The molecule has 106 valence electrons. The van der Waals surface area contributed by atoms with Crippen molar-refractivity contribution in [2.45, 2.75) is 27.3 Å². The number of rotatable bonds is 5. The monoisotopic (exact) mass is 274 g/mol. The Labute approximate surface area is 117 Å². The highest BCUT2D eigenvalue weighted by molar-refractivity contribution is 5.90. The average Bonchev–Trinajstić information content (AvgIpc) is 2.76. The lowest BCUT2D eigenvalue weighted by Crippen LogP contribution is -2.06. The summed E-state index contributed by atoms with van der Waals surface area (Å²) in [5, 5.41) is 7.17. The third-order valence-electron chi connectivity index (χ3n) is 3.02. The second kappa shape index (κ2) is 6.23. The molecule has 20 heavy (non-hydrogen) atoms. The number of aromatic nitrogens is 1. The third-order valence-corrected chi connectivity index (χ3v) is 3.02. The van der Waals surface area contributed by atoms with Gasteiger partial charge in [0.2, 0.25) is 0 Å². The molecule has 0 bridgehead atoms. The van der Waals surface area contributed by atoms with E-state index in [1.807, 2.05) is 26.0 Å². The van der Waals surface area contributed by atoms with Crippen molar-refractivity contribution in [2.75, 3.05) is 11.9 Å². The first-order chi connectivity index (χ1) is 9.61. The number of hydrogen-bond acceptors (Lipinski definition) is 5. The summed E-state index contributed by atoms with van der Waals surface area (Å²) >= 11 is 0.